The van der Waals surface area contributed by atoms with E-state index >= 15 is 0 Å². The molecule has 0 spiro atoms. The molecular weight excluding hydrogens is 274 g/mol. The molecule has 20 heavy (non-hydrogen) atoms. The first-order valence-corrected chi connectivity index (χ1v) is 7.85. The van der Waals surface area contributed by atoms with Gasteiger partial charge in [-0.25, -0.2) is 15.8 Å². The number of hydrogen-bond donors (Lipinski definition) is 2. The predicted octanol–water partition coefficient (Wildman–Crippen LogP) is 1.60. The molecule has 1 amide bonds. The number of anilines is 1. The van der Waals surface area contributed by atoms with Gasteiger partial charge in [-0.1, -0.05) is 25.6 Å². The van der Waals surface area contributed by atoms with Crippen molar-refractivity contribution < 1.29 is 4.79 Å². The van der Waals surface area contributed by atoms with Crippen molar-refractivity contribution >= 4 is 23.5 Å². The van der Waals surface area contributed by atoms with Crippen LogP contribution in [0.15, 0.2) is 11.1 Å². The van der Waals surface area contributed by atoms with Gasteiger partial charge in [0, 0.05) is 25.1 Å². The average Bonchev–Trinajstić information content (AvgIpc) is 2.98. The van der Waals surface area contributed by atoms with Crippen LogP contribution in [0.1, 0.15) is 38.4 Å². The smallest absolute Gasteiger partial charge is 0.232 e. The molecule has 0 unspecified atom stereocenters. The number of nitrogen functional groups attached to an aromatic ring is 1. The van der Waals surface area contributed by atoms with Crippen LogP contribution in [0.3, 0.4) is 0 Å². The molecule has 1 aromatic rings. The lowest BCUT2D eigenvalue weighted by Gasteiger charge is -2.15. The van der Waals surface area contributed by atoms with Crippen LogP contribution in [0, 0.1) is 0 Å². The lowest BCUT2D eigenvalue weighted by molar-refractivity contribution is -0.127. The number of thioether (sulfide) groups is 1. The van der Waals surface area contributed by atoms with Crippen LogP contribution >= 0.6 is 11.8 Å². The van der Waals surface area contributed by atoms with Crippen LogP contribution in [0.5, 0.6) is 0 Å². The monoisotopic (exact) mass is 295 g/mol. The molecule has 1 aromatic heterocycles. The van der Waals surface area contributed by atoms with E-state index in [1.165, 1.54) is 11.8 Å². The number of nitrogens with two attached hydrogens (primary N) is 1. The van der Waals surface area contributed by atoms with Crippen molar-refractivity contribution in [1.82, 2.24) is 14.9 Å². The summed E-state index contributed by atoms with van der Waals surface area (Å²) in [5.41, 5.74) is 2.55. The molecule has 0 aromatic carbocycles. The minimum absolute atomic E-state index is 0.180. The van der Waals surface area contributed by atoms with Crippen molar-refractivity contribution in [3.05, 3.63) is 11.9 Å². The standard InChI is InChI=1S/C13H21N5OS/c1-9(2)13-15-10(17-14)7-11(16-13)20-8-12(19)18-5-3-4-6-18/h7,9H,3-6,8,14H2,1-2H3,(H,15,16,17). The minimum atomic E-state index is 0.180. The zero-order valence-electron chi connectivity index (χ0n) is 11.9. The molecule has 0 saturated carbocycles. The third-order valence-corrected chi connectivity index (χ3v) is 4.08. The summed E-state index contributed by atoms with van der Waals surface area (Å²) in [5.74, 6) is 7.55. The van der Waals surface area contributed by atoms with Crippen LogP contribution in [0.25, 0.3) is 0 Å². The quantitative estimate of drug-likeness (QED) is 0.371. The summed E-state index contributed by atoms with van der Waals surface area (Å²) in [7, 11) is 0. The average molecular weight is 295 g/mol. The van der Waals surface area contributed by atoms with Gasteiger partial charge in [0.15, 0.2) is 0 Å². The highest BCUT2D eigenvalue weighted by molar-refractivity contribution is 7.99. The van der Waals surface area contributed by atoms with E-state index in [1.54, 1.807) is 6.07 Å². The second-order valence-electron chi connectivity index (χ2n) is 5.13. The zero-order chi connectivity index (χ0) is 14.5. The number of carbonyl (C=O) groups is 1. The van der Waals surface area contributed by atoms with Crippen LogP contribution in [0.2, 0.25) is 0 Å². The number of aromatic nitrogens is 2. The highest BCUT2D eigenvalue weighted by Crippen LogP contribution is 2.22. The topological polar surface area (TPSA) is 84.1 Å². The maximum absolute atomic E-state index is 12.0. The molecule has 3 N–H and O–H groups in total. The molecule has 1 aliphatic rings. The van der Waals surface area contributed by atoms with Crippen LogP contribution < -0.4 is 11.3 Å². The summed E-state index contributed by atoms with van der Waals surface area (Å²) in [5, 5.41) is 0.782. The molecule has 7 heteroatoms. The molecule has 0 atom stereocenters. The number of amides is 1. The largest absolute Gasteiger partial charge is 0.342 e. The summed E-state index contributed by atoms with van der Waals surface area (Å²) in [6.45, 7) is 5.82. The van der Waals surface area contributed by atoms with Crippen molar-refractivity contribution in [2.75, 3.05) is 24.3 Å². The maximum Gasteiger partial charge on any atom is 0.232 e. The molecule has 2 heterocycles. The lowest BCUT2D eigenvalue weighted by atomic mass is 10.2. The van der Waals surface area contributed by atoms with E-state index in [0.29, 0.717) is 11.6 Å². The Labute approximate surface area is 123 Å². The molecule has 110 valence electrons. The van der Waals surface area contributed by atoms with E-state index in [1.807, 2.05) is 18.7 Å². The third kappa shape index (κ3) is 3.83. The van der Waals surface area contributed by atoms with Gasteiger partial charge in [-0.3, -0.25) is 4.79 Å². The number of hydrazine groups is 1. The summed E-state index contributed by atoms with van der Waals surface area (Å²) in [6.07, 6.45) is 2.23. The number of likely N-dealkylation sites (tertiary alicyclic amines) is 1. The highest BCUT2D eigenvalue weighted by atomic mass is 32.2. The lowest BCUT2D eigenvalue weighted by Crippen LogP contribution is -2.29. The number of nitrogens with zero attached hydrogens (tertiary/aromatic N) is 3. The van der Waals surface area contributed by atoms with E-state index in [0.717, 1.165) is 36.8 Å². The highest BCUT2D eigenvalue weighted by Gasteiger charge is 2.18. The van der Waals surface area contributed by atoms with E-state index in [4.69, 9.17) is 5.84 Å². The molecule has 0 bridgehead atoms. The van der Waals surface area contributed by atoms with E-state index < -0.39 is 0 Å². The summed E-state index contributed by atoms with van der Waals surface area (Å²) in [4.78, 5) is 22.7. The van der Waals surface area contributed by atoms with Gasteiger partial charge < -0.3 is 10.3 Å². The number of carbonyl (C=O) groups excluding carboxylic acids is 1. The van der Waals surface area contributed by atoms with E-state index in [-0.39, 0.29) is 11.8 Å². The van der Waals surface area contributed by atoms with Crippen LogP contribution in [0.4, 0.5) is 5.82 Å². The van der Waals surface area contributed by atoms with Crippen molar-refractivity contribution in [3.8, 4) is 0 Å². The summed E-state index contributed by atoms with van der Waals surface area (Å²) in [6, 6.07) is 1.77. The fourth-order valence-corrected chi connectivity index (χ4v) is 2.85. The van der Waals surface area contributed by atoms with Gasteiger partial charge in [0.1, 0.15) is 16.7 Å². The van der Waals surface area contributed by atoms with Crippen molar-refractivity contribution in [2.45, 2.75) is 37.6 Å². The molecule has 0 radical (unpaired) electrons. The predicted molar refractivity (Wildman–Crippen MR) is 80.5 cm³/mol. The second-order valence-corrected chi connectivity index (χ2v) is 6.12. The Morgan fingerprint density at radius 2 is 2.15 bits per heavy atom. The van der Waals surface area contributed by atoms with Crippen molar-refractivity contribution in [1.29, 1.82) is 0 Å². The summed E-state index contributed by atoms with van der Waals surface area (Å²) >= 11 is 1.44. The van der Waals surface area contributed by atoms with Gasteiger partial charge in [-0.2, -0.15) is 0 Å². The van der Waals surface area contributed by atoms with Crippen molar-refractivity contribution in [3.63, 3.8) is 0 Å². The first-order valence-electron chi connectivity index (χ1n) is 6.86. The van der Waals surface area contributed by atoms with Crippen molar-refractivity contribution in [2.24, 2.45) is 5.84 Å². The summed E-state index contributed by atoms with van der Waals surface area (Å²) < 4.78 is 0. The molecule has 0 aliphatic carbocycles. The third-order valence-electron chi connectivity index (χ3n) is 3.19. The number of rotatable bonds is 5. The van der Waals surface area contributed by atoms with Gasteiger partial charge in [-0.15, -0.1) is 0 Å². The van der Waals surface area contributed by atoms with Gasteiger partial charge in [0.2, 0.25) is 5.91 Å². The molecule has 1 aliphatic heterocycles. The normalized spacial score (nSPS) is 14.9. The fourth-order valence-electron chi connectivity index (χ4n) is 2.04. The zero-order valence-corrected chi connectivity index (χ0v) is 12.7. The maximum atomic E-state index is 12.0. The fraction of sp³-hybridized carbons (Fsp3) is 0.615. The van der Waals surface area contributed by atoms with Gasteiger partial charge >= 0.3 is 0 Å². The Bertz CT molecular complexity index is 474. The van der Waals surface area contributed by atoms with Crippen LogP contribution in [-0.4, -0.2) is 39.6 Å². The molecule has 1 saturated heterocycles. The number of hydrogen-bond acceptors (Lipinski definition) is 6. The SMILES string of the molecule is CC(C)c1nc(NN)cc(SCC(=O)N2CCCC2)n1. The molecule has 6 nitrogen and oxygen atoms in total. The molecule has 2 rings (SSSR count). The second kappa shape index (κ2) is 6.90. The van der Waals surface area contributed by atoms with Gasteiger partial charge in [0.05, 0.1) is 5.75 Å². The first kappa shape index (κ1) is 15.1. The van der Waals surface area contributed by atoms with Gasteiger partial charge in [0.25, 0.3) is 0 Å². The van der Waals surface area contributed by atoms with Crippen LogP contribution in [-0.2, 0) is 4.79 Å². The molecular formula is C13H21N5OS. The Balaban J connectivity index is 2.00. The van der Waals surface area contributed by atoms with Gasteiger partial charge in [-0.05, 0) is 12.8 Å². The Kier molecular flexibility index (Phi) is 5.19. The minimum Gasteiger partial charge on any atom is -0.342 e. The first-order chi connectivity index (χ1) is 9.60. The Hall–Kier alpha value is -1.34. The molecule has 1 fully saturated rings. The van der Waals surface area contributed by atoms with E-state index in [9.17, 15) is 4.79 Å². The Morgan fingerprint density at radius 1 is 1.45 bits per heavy atom. The number of nitrogens with one attached hydrogen (secondary N) is 1. The van der Waals surface area contributed by atoms with E-state index in [2.05, 4.69) is 15.4 Å². The Morgan fingerprint density at radius 3 is 2.75 bits per heavy atom.